The van der Waals surface area contributed by atoms with Gasteiger partial charge >= 0.3 is 0 Å². The predicted octanol–water partition coefficient (Wildman–Crippen LogP) is 8.34. The van der Waals surface area contributed by atoms with Crippen LogP contribution in [-0.4, -0.2) is 29.6 Å². The standard InChI is InChI=1S/C33H24Br2FN3O5/c1-3-42-27-15-20(29(34)30(35)31(27)43-18-19-9-4-6-11-23(19)36)17-37-39-32(38-24-12-7-5-10-21(24)33(39)40)28-16-22-25(41-2)13-8-14-26(22)44-28/h4-17H,3,18H2,1-2H3. The van der Waals surface area contributed by atoms with Crippen LogP contribution in [0.3, 0.4) is 0 Å². The maximum absolute atomic E-state index is 14.2. The minimum atomic E-state index is -0.376. The Morgan fingerprint density at radius 3 is 2.55 bits per heavy atom. The van der Waals surface area contributed by atoms with Gasteiger partial charge in [-0.05, 0) is 81.2 Å². The second kappa shape index (κ2) is 12.6. The lowest BCUT2D eigenvalue weighted by molar-refractivity contribution is 0.264. The van der Waals surface area contributed by atoms with Crippen molar-refractivity contribution in [3.8, 4) is 28.8 Å². The topological polar surface area (TPSA) is 88.1 Å². The highest BCUT2D eigenvalue weighted by atomic mass is 79.9. The maximum Gasteiger partial charge on any atom is 0.282 e. The average molecular weight is 721 g/mol. The highest BCUT2D eigenvalue weighted by Crippen LogP contribution is 2.43. The number of aromatic nitrogens is 2. The Balaban J connectivity index is 1.45. The van der Waals surface area contributed by atoms with Gasteiger partial charge in [-0.15, -0.1) is 0 Å². The van der Waals surface area contributed by atoms with E-state index in [2.05, 4.69) is 37.0 Å². The van der Waals surface area contributed by atoms with E-state index in [-0.39, 0.29) is 23.8 Å². The smallest absolute Gasteiger partial charge is 0.282 e. The number of rotatable bonds is 9. The molecule has 6 rings (SSSR count). The van der Waals surface area contributed by atoms with Gasteiger partial charge < -0.3 is 18.6 Å². The number of halogens is 3. The van der Waals surface area contributed by atoms with E-state index in [1.54, 1.807) is 55.6 Å². The fourth-order valence-electron chi connectivity index (χ4n) is 4.69. The Hall–Kier alpha value is -4.48. The molecule has 2 heterocycles. The molecule has 2 aromatic heterocycles. The molecule has 0 spiro atoms. The summed E-state index contributed by atoms with van der Waals surface area (Å²) in [6, 6.07) is 22.4. The van der Waals surface area contributed by atoms with Gasteiger partial charge in [0, 0.05) is 15.6 Å². The van der Waals surface area contributed by atoms with Crippen LogP contribution in [0.5, 0.6) is 17.2 Å². The Morgan fingerprint density at radius 1 is 0.955 bits per heavy atom. The number of para-hydroxylation sites is 1. The molecule has 0 fully saturated rings. The Kier molecular flexibility index (Phi) is 8.49. The summed E-state index contributed by atoms with van der Waals surface area (Å²) in [5, 5.41) is 5.72. The van der Waals surface area contributed by atoms with E-state index in [9.17, 15) is 9.18 Å². The molecule has 0 bridgehead atoms. The van der Waals surface area contributed by atoms with Crippen molar-refractivity contribution >= 4 is 59.9 Å². The molecule has 11 heteroatoms. The van der Waals surface area contributed by atoms with Crippen molar-refractivity contribution < 1.29 is 23.0 Å². The summed E-state index contributed by atoms with van der Waals surface area (Å²) in [5.74, 6) is 1.63. The van der Waals surface area contributed by atoms with Gasteiger partial charge in [0.2, 0.25) is 5.82 Å². The predicted molar refractivity (Wildman–Crippen MR) is 174 cm³/mol. The Labute approximate surface area is 268 Å². The molecule has 0 aliphatic carbocycles. The van der Waals surface area contributed by atoms with Crippen LogP contribution >= 0.6 is 31.9 Å². The first-order chi connectivity index (χ1) is 21.4. The highest BCUT2D eigenvalue weighted by molar-refractivity contribution is 9.13. The van der Waals surface area contributed by atoms with Gasteiger partial charge in [0.25, 0.3) is 5.56 Å². The Morgan fingerprint density at radius 2 is 1.75 bits per heavy atom. The van der Waals surface area contributed by atoms with Crippen molar-refractivity contribution in [2.24, 2.45) is 5.10 Å². The fraction of sp³-hybridized carbons (Fsp3) is 0.121. The average Bonchev–Trinajstić information content (AvgIpc) is 3.48. The zero-order valence-corrected chi connectivity index (χ0v) is 26.7. The van der Waals surface area contributed by atoms with Crippen LogP contribution in [0.4, 0.5) is 4.39 Å². The number of nitrogens with zero attached hydrogens (tertiary/aromatic N) is 3. The van der Waals surface area contributed by atoms with E-state index in [4.69, 9.17) is 23.6 Å². The summed E-state index contributed by atoms with van der Waals surface area (Å²) >= 11 is 7.19. The van der Waals surface area contributed by atoms with Crippen LogP contribution < -0.4 is 19.8 Å². The molecular weight excluding hydrogens is 697 g/mol. The first kappa shape index (κ1) is 29.6. The summed E-state index contributed by atoms with van der Waals surface area (Å²) in [5.41, 5.74) is 1.69. The normalized spacial score (nSPS) is 11.5. The van der Waals surface area contributed by atoms with Crippen LogP contribution in [0, 0.1) is 5.82 Å². The fourth-order valence-corrected chi connectivity index (χ4v) is 5.63. The summed E-state index contributed by atoms with van der Waals surface area (Å²) in [7, 11) is 1.58. The van der Waals surface area contributed by atoms with Crippen molar-refractivity contribution in [1.82, 2.24) is 9.66 Å². The second-order valence-corrected chi connectivity index (χ2v) is 11.1. The molecule has 0 radical (unpaired) electrons. The summed E-state index contributed by atoms with van der Waals surface area (Å²) < 4.78 is 40.1. The van der Waals surface area contributed by atoms with Crippen LogP contribution in [0.1, 0.15) is 18.1 Å². The third-order valence-electron chi connectivity index (χ3n) is 6.81. The van der Waals surface area contributed by atoms with Crippen molar-refractivity contribution in [3.05, 3.63) is 115 Å². The zero-order chi connectivity index (χ0) is 30.8. The molecule has 0 N–H and O–H groups in total. The molecule has 0 atom stereocenters. The molecule has 0 aliphatic rings. The van der Waals surface area contributed by atoms with Crippen LogP contribution in [0.2, 0.25) is 0 Å². The van der Waals surface area contributed by atoms with Crippen molar-refractivity contribution in [2.75, 3.05) is 13.7 Å². The van der Waals surface area contributed by atoms with Gasteiger partial charge in [0.1, 0.15) is 23.8 Å². The summed E-state index contributed by atoms with van der Waals surface area (Å²) in [6.45, 7) is 2.20. The van der Waals surface area contributed by atoms with Crippen LogP contribution in [0.15, 0.2) is 102 Å². The lowest BCUT2D eigenvalue weighted by Gasteiger charge is -2.16. The first-order valence-corrected chi connectivity index (χ1v) is 15.1. The molecule has 0 saturated carbocycles. The third kappa shape index (κ3) is 5.60. The molecule has 6 aromatic rings. The number of methoxy groups -OCH3 is 1. The third-order valence-corrected chi connectivity index (χ3v) is 8.96. The first-order valence-electron chi connectivity index (χ1n) is 13.5. The number of hydrogen-bond acceptors (Lipinski definition) is 7. The van der Waals surface area contributed by atoms with Crippen LogP contribution in [-0.2, 0) is 6.61 Å². The monoisotopic (exact) mass is 719 g/mol. The second-order valence-electron chi connectivity index (χ2n) is 9.53. The van der Waals surface area contributed by atoms with E-state index < -0.39 is 0 Å². The lowest BCUT2D eigenvalue weighted by atomic mass is 10.2. The molecule has 0 amide bonds. The van der Waals surface area contributed by atoms with E-state index in [1.165, 1.54) is 17.0 Å². The van der Waals surface area contributed by atoms with Crippen LogP contribution in [0.25, 0.3) is 33.5 Å². The molecule has 0 unspecified atom stereocenters. The van der Waals surface area contributed by atoms with E-state index in [1.807, 2.05) is 31.2 Å². The molecule has 222 valence electrons. The van der Waals surface area contributed by atoms with E-state index in [0.29, 0.717) is 66.2 Å². The number of ether oxygens (including phenoxy) is 3. The maximum atomic E-state index is 14.2. The lowest BCUT2D eigenvalue weighted by Crippen LogP contribution is -2.20. The van der Waals surface area contributed by atoms with Crippen molar-refractivity contribution in [1.29, 1.82) is 0 Å². The van der Waals surface area contributed by atoms with Gasteiger partial charge in [-0.3, -0.25) is 4.79 Å². The molecule has 44 heavy (non-hydrogen) atoms. The molecule has 0 saturated heterocycles. The van der Waals surface area contributed by atoms with E-state index >= 15 is 0 Å². The zero-order valence-electron chi connectivity index (χ0n) is 23.5. The minimum absolute atomic E-state index is 0.00494. The summed E-state index contributed by atoms with van der Waals surface area (Å²) in [6.07, 6.45) is 1.52. The van der Waals surface area contributed by atoms with Gasteiger partial charge in [-0.25, -0.2) is 9.37 Å². The van der Waals surface area contributed by atoms with Gasteiger partial charge in [0.15, 0.2) is 17.3 Å². The summed E-state index contributed by atoms with van der Waals surface area (Å²) in [4.78, 5) is 18.5. The van der Waals surface area contributed by atoms with Gasteiger partial charge in [0.05, 0.1) is 40.7 Å². The molecule has 8 nitrogen and oxygen atoms in total. The number of fused-ring (bicyclic) bond motifs is 2. The SMILES string of the molecule is CCOc1cc(C=Nn2c(-c3cc4c(OC)cccc4o3)nc3ccccc3c2=O)c(Br)c(Br)c1OCc1ccccc1F. The van der Waals surface area contributed by atoms with Gasteiger partial charge in [-0.2, -0.15) is 9.78 Å². The number of benzene rings is 4. The van der Waals surface area contributed by atoms with E-state index in [0.717, 1.165) is 5.39 Å². The molecular formula is C33H24Br2FN3O5. The minimum Gasteiger partial charge on any atom is -0.496 e. The van der Waals surface area contributed by atoms with Crippen molar-refractivity contribution in [2.45, 2.75) is 13.5 Å². The number of hydrogen-bond donors (Lipinski definition) is 0. The largest absolute Gasteiger partial charge is 0.496 e. The molecule has 4 aromatic carbocycles. The van der Waals surface area contributed by atoms with Gasteiger partial charge in [-0.1, -0.05) is 36.4 Å². The number of furan rings is 1. The highest BCUT2D eigenvalue weighted by Gasteiger charge is 2.20. The van der Waals surface area contributed by atoms with Crippen molar-refractivity contribution in [3.63, 3.8) is 0 Å². The quantitative estimate of drug-likeness (QED) is 0.140. The Bertz CT molecular complexity index is 2110. The molecule has 0 aliphatic heterocycles.